The Morgan fingerprint density at radius 1 is 1.15 bits per heavy atom. The zero-order valence-corrected chi connectivity index (χ0v) is 25.2. The van der Waals surface area contributed by atoms with Crippen LogP contribution < -0.4 is 14.8 Å². The molecule has 2 aromatic carbocycles. The number of aromatic hydroxyl groups is 1. The van der Waals surface area contributed by atoms with E-state index >= 15 is 0 Å². The highest BCUT2D eigenvalue weighted by Crippen LogP contribution is 2.43. The van der Waals surface area contributed by atoms with Crippen LogP contribution in [0.4, 0.5) is 4.79 Å². The second-order valence-corrected chi connectivity index (χ2v) is 12.8. The van der Waals surface area contributed by atoms with Gasteiger partial charge in [0.25, 0.3) is 21.3 Å². The average molecular weight is 593 g/mol. The number of thioether (sulfide) groups is 1. The van der Waals surface area contributed by atoms with Crippen LogP contribution in [0.1, 0.15) is 41.2 Å². The fourth-order valence-electron chi connectivity index (χ4n) is 4.61. The molecule has 0 aromatic heterocycles. The first-order valence-corrected chi connectivity index (χ1v) is 15.3. The number of phenolic OH excluding ortho intramolecular Hbond substituents is 1. The van der Waals surface area contributed by atoms with Crippen LogP contribution in [0.3, 0.4) is 0 Å². The number of benzene rings is 2. The lowest BCUT2D eigenvalue weighted by molar-refractivity contribution is -0.115. The van der Waals surface area contributed by atoms with Gasteiger partial charge in [0.1, 0.15) is 29.5 Å². The summed E-state index contributed by atoms with van der Waals surface area (Å²) >= 11 is 0.906. The Labute approximate surface area is 239 Å². The van der Waals surface area contributed by atoms with Crippen molar-refractivity contribution in [3.63, 3.8) is 0 Å². The molecular formula is C28H36N2O8S2. The van der Waals surface area contributed by atoms with Crippen LogP contribution in [0, 0.1) is 20.8 Å². The van der Waals surface area contributed by atoms with Gasteiger partial charge in [-0.1, -0.05) is 12.1 Å². The number of hydrogen-bond donors (Lipinski definition) is 3. The molecular weight excluding hydrogens is 556 g/mol. The molecule has 2 amide bonds. The first kappa shape index (κ1) is 31.5. The summed E-state index contributed by atoms with van der Waals surface area (Å²) in [5.41, 5.74) is 4.45. The third-order valence-electron chi connectivity index (χ3n) is 6.76. The number of amides is 2. The van der Waals surface area contributed by atoms with Crippen molar-refractivity contribution >= 4 is 39.1 Å². The zero-order valence-electron chi connectivity index (χ0n) is 23.5. The lowest BCUT2D eigenvalue weighted by Gasteiger charge is -2.40. The molecule has 2 aliphatic heterocycles. The molecule has 0 saturated carbocycles. The molecule has 218 valence electrons. The molecule has 40 heavy (non-hydrogen) atoms. The highest BCUT2D eigenvalue weighted by molar-refractivity contribution is 8.18. The predicted molar refractivity (Wildman–Crippen MR) is 156 cm³/mol. The van der Waals surface area contributed by atoms with Gasteiger partial charge < -0.3 is 14.6 Å². The molecule has 2 aromatic rings. The normalized spacial score (nSPS) is 19.6. The molecule has 10 nitrogen and oxygen atoms in total. The average Bonchev–Trinajstić information content (AvgIpc) is 3.17. The van der Waals surface area contributed by atoms with Crippen molar-refractivity contribution in [1.29, 1.82) is 0 Å². The van der Waals surface area contributed by atoms with Gasteiger partial charge in [0.2, 0.25) is 0 Å². The van der Waals surface area contributed by atoms with Crippen molar-refractivity contribution in [2.45, 2.75) is 46.1 Å². The van der Waals surface area contributed by atoms with Crippen molar-refractivity contribution in [2.75, 3.05) is 33.0 Å². The number of imide groups is 1. The van der Waals surface area contributed by atoms with E-state index in [9.17, 15) is 23.1 Å². The number of fused-ring (bicyclic) bond motifs is 1. The molecule has 1 saturated heterocycles. The standard InChI is InChI=1S/C27H32N2O5S.CH4O3S/c1-16-17(2)24-21(18(3)23(16)30)10-11-27(4,34-24)15-29(5)12-13-33-20-8-6-19(7-9-20)14-22-25(31)28-26(32)35-22;1-5(2,3)4/h6-9,14,30H,10-13,15H2,1-5H3,(H,28,31,32);1H3,(H,2,3,4)/b22-14-;. The Kier molecular flexibility index (Phi) is 9.94. The molecule has 2 heterocycles. The summed E-state index contributed by atoms with van der Waals surface area (Å²) in [6.45, 7) is 10.1. The van der Waals surface area contributed by atoms with Gasteiger partial charge in [0.15, 0.2) is 0 Å². The van der Waals surface area contributed by atoms with Crippen molar-refractivity contribution < 1.29 is 37.1 Å². The van der Waals surface area contributed by atoms with Crippen LogP contribution in [0.25, 0.3) is 6.08 Å². The van der Waals surface area contributed by atoms with Crippen LogP contribution in [-0.4, -0.2) is 72.7 Å². The molecule has 0 radical (unpaired) electrons. The summed E-state index contributed by atoms with van der Waals surface area (Å²) in [7, 11) is -1.60. The Morgan fingerprint density at radius 3 is 2.35 bits per heavy atom. The number of nitrogens with one attached hydrogen (secondary N) is 1. The van der Waals surface area contributed by atoms with Crippen LogP contribution in [0.2, 0.25) is 0 Å². The second-order valence-electron chi connectivity index (χ2n) is 10.3. The molecule has 12 heteroatoms. The monoisotopic (exact) mass is 592 g/mol. The number of hydrogen-bond acceptors (Lipinski definition) is 9. The summed E-state index contributed by atoms with van der Waals surface area (Å²) in [5.74, 6) is 1.69. The Balaban J connectivity index is 0.000000810. The Bertz CT molecular complexity index is 1410. The summed E-state index contributed by atoms with van der Waals surface area (Å²) in [6.07, 6.45) is 4.17. The summed E-state index contributed by atoms with van der Waals surface area (Å²) in [5, 5.41) is 12.3. The number of carbonyl (C=O) groups is 2. The van der Waals surface area contributed by atoms with Gasteiger partial charge in [-0.2, -0.15) is 8.42 Å². The van der Waals surface area contributed by atoms with Gasteiger partial charge in [-0.15, -0.1) is 0 Å². The van der Waals surface area contributed by atoms with E-state index in [2.05, 4.69) is 24.2 Å². The van der Waals surface area contributed by atoms with Crippen molar-refractivity contribution in [2.24, 2.45) is 0 Å². The number of nitrogens with zero attached hydrogens (tertiary/aromatic N) is 1. The molecule has 2 aliphatic rings. The largest absolute Gasteiger partial charge is 0.507 e. The molecule has 3 N–H and O–H groups in total. The maximum atomic E-state index is 11.7. The lowest BCUT2D eigenvalue weighted by atomic mass is 9.87. The van der Waals surface area contributed by atoms with Gasteiger partial charge in [-0.05, 0) is 99.8 Å². The molecule has 1 atom stereocenters. The minimum absolute atomic E-state index is 0.316. The fraction of sp³-hybridized carbons (Fsp3) is 0.429. The minimum Gasteiger partial charge on any atom is -0.507 e. The third-order valence-corrected chi connectivity index (χ3v) is 7.57. The number of likely N-dealkylation sites (N-methyl/N-ethyl adjacent to an activating group) is 1. The van der Waals surface area contributed by atoms with Crippen LogP contribution in [-0.2, 0) is 21.3 Å². The molecule has 1 unspecified atom stereocenters. The summed E-state index contributed by atoms with van der Waals surface area (Å²) in [6, 6.07) is 7.44. The van der Waals surface area contributed by atoms with Crippen LogP contribution in [0.5, 0.6) is 17.2 Å². The van der Waals surface area contributed by atoms with E-state index in [4.69, 9.17) is 14.0 Å². The van der Waals surface area contributed by atoms with Gasteiger partial charge in [0, 0.05) is 18.7 Å². The van der Waals surface area contributed by atoms with Gasteiger partial charge >= 0.3 is 0 Å². The van der Waals surface area contributed by atoms with E-state index in [0.717, 1.165) is 77.0 Å². The topological polar surface area (TPSA) is 142 Å². The molecule has 0 spiro atoms. The highest BCUT2D eigenvalue weighted by atomic mass is 32.2. The lowest BCUT2D eigenvalue weighted by Crippen LogP contribution is -2.47. The van der Waals surface area contributed by atoms with E-state index in [1.54, 1.807) is 6.08 Å². The fourth-order valence-corrected chi connectivity index (χ4v) is 5.29. The van der Waals surface area contributed by atoms with Gasteiger partial charge in [-0.25, -0.2) is 0 Å². The minimum atomic E-state index is -3.67. The predicted octanol–water partition coefficient (Wildman–Crippen LogP) is 4.24. The SMILES string of the molecule is CS(=O)(=O)O.Cc1c(C)c2c(c(C)c1O)CCC(C)(CN(C)CCOc1ccc(/C=C3\SC(=O)NC3=O)cc1)O2. The maximum absolute atomic E-state index is 11.7. The van der Waals surface area contributed by atoms with Gasteiger partial charge in [0.05, 0.1) is 11.2 Å². The van der Waals surface area contributed by atoms with Gasteiger partial charge in [-0.3, -0.25) is 24.4 Å². The summed E-state index contributed by atoms with van der Waals surface area (Å²) < 4.78 is 38.3. The number of phenols is 1. The second kappa shape index (κ2) is 12.6. The maximum Gasteiger partial charge on any atom is 0.290 e. The molecule has 0 aliphatic carbocycles. The number of ether oxygens (including phenoxy) is 2. The Hall–Kier alpha value is -3.06. The van der Waals surface area contributed by atoms with Crippen molar-refractivity contribution in [3.05, 3.63) is 57.0 Å². The number of carbonyl (C=O) groups excluding carboxylic acids is 2. The van der Waals surface area contributed by atoms with E-state index < -0.39 is 10.1 Å². The van der Waals surface area contributed by atoms with Crippen molar-refractivity contribution in [3.8, 4) is 17.2 Å². The van der Waals surface area contributed by atoms with E-state index in [-0.39, 0.29) is 16.7 Å². The quantitative estimate of drug-likeness (QED) is 0.316. The Morgan fingerprint density at radius 2 is 1.77 bits per heavy atom. The third kappa shape index (κ3) is 8.47. The van der Waals surface area contributed by atoms with E-state index in [1.807, 2.05) is 45.0 Å². The van der Waals surface area contributed by atoms with Crippen LogP contribution >= 0.6 is 11.8 Å². The van der Waals surface area contributed by atoms with Crippen LogP contribution in [0.15, 0.2) is 29.2 Å². The van der Waals surface area contributed by atoms with E-state index in [0.29, 0.717) is 23.5 Å². The van der Waals surface area contributed by atoms with Crippen molar-refractivity contribution in [1.82, 2.24) is 10.2 Å². The number of rotatable bonds is 7. The van der Waals surface area contributed by atoms with E-state index in [1.165, 1.54) is 0 Å². The molecule has 4 rings (SSSR count). The first-order valence-electron chi connectivity index (χ1n) is 12.7. The molecule has 0 bridgehead atoms. The first-order chi connectivity index (χ1) is 18.6. The summed E-state index contributed by atoms with van der Waals surface area (Å²) in [4.78, 5) is 25.6. The smallest absolute Gasteiger partial charge is 0.290 e. The zero-order chi connectivity index (χ0) is 29.8. The molecule has 1 fully saturated rings. The highest BCUT2D eigenvalue weighted by Gasteiger charge is 2.35.